The van der Waals surface area contributed by atoms with Gasteiger partial charge in [0.2, 0.25) is 0 Å². The van der Waals surface area contributed by atoms with Crippen LogP contribution in [0.2, 0.25) is 0 Å². The van der Waals surface area contributed by atoms with E-state index in [2.05, 4.69) is 15.0 Å². The van der Waals surface area contributed by atoms with Crippen LogP contribution in [0.25, 0.3) is 0 Å². The molecule has 0 spiro atoms. The summed E-state index contributed by atoms with van der Waals surface area (Å²) in [5.41, 5.74) is 2.12. The summed E-state index contributed by atoms with van der Waals surface area (Å²) in [7, 11) is 0. The molecule has 1 saturated heterocycles. The van der Waals surface area contributed by atoms with E-state index in [0.29, 0.717) is 12.6 Å². The monoisotopic (exact) mass is 329 g/mol. The molecule has 2 bridgehead atoms. The van der Waals surface area contributed by atoms with E-state index in [1.54, 1.807) is 12.4 Å². The molecular weight excluding hydrogens is 306 g/mol. The van der Waals surface area contributed by atoms with Gasteiger partial charge < -0.3 is 14.0 Å². The van der Waals surface area contributed by atoms with E-state index in [9.17, 15) is 0 Å². The van der Waals surface area contributed by atoms with Crippen molar-refractivity contribution in [3.8, 4) is 0 Å². The van der Waals surface area contributed by atoms with E-state index in [1.165, 1.54) is 0 Å². The third-order valence-electron chi connectivity index (χ3n) is 4.91. The van der Waals surface area contributed by atoms with Gasteiger partial charge in [-0.2, -0.15) is 0 Å². The zero-order valence-electron chi connectivity index (χ0n) is 13.9. The van der Waals surface area contributed by atoms with Crippen molar-refractivity contribution in [1.82, 2.24) is 15.0 Å². The van der Waals surface area contributed by atoms with Crippen LogP contribution in [-0.2, 0) is 22.6 Å². The molecule has 3 atom stereocenters. The molecular formula is C18H23N3O3. The zero-order valence-corrected chi connectivity index (χ0v) is 13.9. The molecule has 24 heavy (non-hydrogen) atoms. The number of aromatic nitrogens is 2. The average Bonchev–Trinajstić information content (AvgIpc) is 3.13. The van der Waals surface area contributed by atoms with Crippen LogP contribution in [0, 0.1) is 6.92 Å². The maximum Gasteiger partial charge on any atom is 0.133 e. The first-order chi connectivity index (χ1) is 11.8. The first kappa shape index (κ1) is 15.7. The van der Waals surface area contributed by atoms with Crippen LogP contribution < -0.4 is 0 Å². The lowest BCUT2D eigenvalue weighted by molar-refractivity contribution is -0.0614. The van der Waals surface area contributed by atoms with Gasteiger partial charge in [0, 0.05) is 37.6 Å². The molecule has 1 aliphatic carbocycles. The van der Waals surface area contributed by atoms with E-state index in [1.807, 2.05) is 25.1 Å². The second kappa shape index (κ2) is 7.01. The molecule has 2 fully saturated rings. The number of nitrogens with zero attached hydrogens (tertiary/aromatic N) is 3. The van der Waals surface area contributed by atoms with Gasteiger partial charge in [0.1, 0.15) is 5.76 Å². The zero-order chi connectivity index (χ0) is 16.4. The highest BCUT2D eigenvalue weighted by molar-refractivity contribution is 5.09. The molecule has 128 valence electrons. The van der Waals surface area contributed by atoms with Crippen molar-refractivity contribution in [1.29, 1.82) is 0 Å². The molecule has 2 aromatic rings. The highest BCUT2D eigenvalue weighted by Crippen LogP contribution is 2.33. The molecule has 2 aliphatic rings. The maximum absolute atomic E-state index is 6.27. The van der Waals surface area contributed by atoms with Crippen LogP contribution in [0.4, 0.5) is 0 Å². The molecule has 1 saturated carbocycles. The number of aryl methyl sites for hydroxylation is 1. The van der Waals surface area contributed by atoms with Gasteiger partial charge in [-0.25, -0.2) is 0 Å². The molecule has 0 amide bonds. The van der Waals surface area contributed by atoms with Gasteiger partial charge in [-0.3, -0.25) is 9.88 Å². The van der Waals surface area contributed by atoms with E-state index < -0.39 is 0 Å². The van der Waals surface area contributed by atoms with Gasteiger partial charge in [-0.1, -0.05) is 5.16 Å². The average molecular weight is 329 g/mol. The standard InChI is InChI=1S/C18H23N3O3/c1-13-10-15(20-24-13)11-21-8-9-22-17-3-2-16(21)18(17)23-12-14-4-6-19-7-5-14/h4-7,10,16-18H,2-3,8-9,11-12H2,1H3/t16-,17-,18-/m0/s1. The Kier molecular flexibility index (Phi) is 4.60. The molecule has 1 aliphatic heterocycles. The van der Waals surface area contributed by atoms with E-state index in [4.69, 9.17) is 14.0 Å². The number of hydrogen-bond donors (Lipinski definition) is 0. The van der Waals surface area contributed by atoms with Crippen molar-refractivity contribution in [2.75, 3.05) is 13.2 Å². The normalized spacial score (nSPS) is 27.3. The van der Waals surface area contributed by atoms with Crippen LogP contribution in [0.5, 0.6) is 0 Å². The van der Waals surface area contributed by atoms with Crippen LogP contribution in [0.15, 0.2) is 35.1 Å². The van der Waals surface area contributed by atoms with E-state index in [0.717, 1.165) is 49.6 Å². The molecule has 0 unspecified atom stereocenters. The van der Waals surface area contributed by atoms with Crippen molar-refractivity contribution < 1.29 is 14.0 Å². The Labute approximate surface area is 141 Å². The van der Waals surface area contributed by atoms with Gasteiger partial charge in [-0.15, -0.1) is 0 Å². The molecule has 0 N–H and O–H groups in total. The SMILES string of the molecule is Cc1cc(CN2CCO[C@H]3CC[C@H]2[C@@H]3OCc2ccncc2)no1. The van der Waals surface area contributed by atoms with Crippen LogP contribution in [0.3, 0.4) is 0 Å². The molecule has 2 aromatic heterocycles. The number of pyridine rings is 1. The number of fused-ring (bicyclic) bond motifs is 2. The predicted molar refractivity (Wildman–Crippen MR) is 87.2 cm³/mol. The summed E-state index contributed by atoms with van der Waals surface area (Å²) < 4.78 is 17.5. The van der Waals surface area contributed by atoms with E-state index >= 15 is 0 Å². The molecule has 6 nitrogen and oxygen atoms in total. The first-order valence-corrected chi connectivity index (χ1v) is 8.58. The lowest BCUT2D eigenvalue weighted by atomic mass is 10.1. The summed E-state index contributed by atoms with van der Waals surface area (Å²) in [6, 6.07) is 6.37. The third kappa shape index (κ3) is 3.36. The highest BCUT2D eigenvalue weighted by Gasteiger charge is 2.43. The van der Waals surface area contributed by atoms with Gasteiger partial charge in [0.05, 0.1) is 31.1 Å². The Morgan fingerprint density at radius 3 is 2.96 bits per heavy atom. The summed E-state index contributed by atoms with van der Waals surface area (Å²) in [6.07, 6.45) is 6.06. The second-order valence-electron chi connectivity index (χ2n) is 6.58. The fourth-order valence-electron chi connectivity index (χ4n) is 3.75. The molecule has 3 heterocycles. The fraction of sp³-hybridized carbons (Fsp3) is 0.556. The molecule has 6 heteroatoms. The Balaban J connectivity index is 1.45. The first-order valence-electron chi connectivity index (χ1n) is 8.58. The summed E-state index contributed by atoms with van der Waals surface area (Å²) in [4.78, 5) is 6.49. The van der Waals surface area contributed by atoms with Crippen molar-refractivity contribution >= 4 is 0 Å². The van der Waals surface area contributed by atoms with Gasteiger partial charge in [-0.05, 0) is 37.5 Å². The molecule has 4 rings (SSSR count). The Hall–Kier alpha value is -1.76. The minimum absolute atomic E-state index is 0.105. The summed E-state index contributed by atoms with van der Waals surface area (Å²) in [5.74, 6) is 0.853. The Bertz CT molecular complexity index is 661. The molecule has 0 aromatic carbocycles. The lowest BCUT2D eigenvalue weighted by Crippen LogP contribution is -2.42. The van der Waals surface area contributed by atoms with Crippen molar-refractivity contribution in [2.45, 2.75) is 51.2 Å². The second-order valence-corrected chi connectivity index (χ2v) is 6.58. The van der Waals surface area contributed by atoms with Gasteiger partial charge in [0.15, 0.2) is 0 Å². The highest BCUT2D eigenvalue weighted by atomic mass is 16.5. The molecule has 0 radical (unpaired) electrons. The summed E-state index contributed by atoms with van der Waals surface area (Å²) >= 11 is 0. The smallest absolute Gasteiger partial charge is 0.133 e. The van der Waals surface area contributed by atoms with Gasteiger partial charge >= 0.3 is 0 Å². The lowest BCUT2D eigenvalue weighted by Gasteiger charge is -2.30. The minimum atomic E-state index is 0.105. The number of hydrogen-bond acceptors (Lipinski definition) is 6. The van der Waals surface area contributed by atoms with E-state index in [-0.39, 0.29) is 12.2 Å². The van der Waals surface area contributed by atoms with Crippen LogP contribution in [0.1, 0.15) is 29.9 Å². The fourth-order valence-corrected chi connectivity index (χ4v) is 3.75. The topological polar surface area (TPSA) is 60.6 Å². The van der Waals surface area contributed by atoms with Crippen molar-refractivity contribution in [2.24, 2.45) is 0 Å². The quantitative estimate of drug-likeness (QED) is 0.839. The number of ether oxygens (including phenoxy) is 2. The number of rotatable bonds is 5. The largest absolute Gasteiger partial charge is 0.374 e. The third-order valence-corrected chi connectivity index (χ3v) is 4.91. The Morgan fingerprint density at radius 1 is 1.29 bits per heavy atom. The maximum atomic E-state index is 6.27. The summed E-state index contributed by atoms with van der Waals surface area (Å²) in [6.45, 7) is 4.96. The van der Waals surface area contributed by atoms with Crippen LogP contribution >= 0.6 is 0 Å². The van der Waals surface area contributed by atoms with Gasteiger partial charge in [0.25, 0.3) is 0 Å². The summed E-state index contributed by atoms with van der Waals surface area (Å²) in [5, 5.41) is 4.14. The predicted octanol–water partition coefficient (Wildman–Crippen LogP) is 2.33. The Morgan fingerprint density at radius 2 is 2.17 bits per heavy atom. The minimum Gasteiger partial charge on any atom is -0.374 e. The van der Waals surface area contributed by atoms with Crippen molar-refractivity contribution in [3.05, 3.63) is 47.6 Å². The van der Waals surface area contributed by atoms with Crippen molar-refractivity contribution in [3.63, 3.8) is 0 Å². The van der Waals surface area contributed by atoms with Crippen LogP contribution in [-0.4, -0.2) is 46.4 Å².